The SMILES string of the molecule is CNc1ccc(B2OC(C)(C)C(C)(C)O2)cc1C(F)F. The van der Waals surface area contributed by atoms with Gasteiger partial charge in [0.1, 0.15) is 0 Å². The number of nitrogens with one attached hydrogen (secondary N) is 1. The summed E-state index contributed by atoms with van der Waals surface area (Å²) in [7, 11) is 0.999. The molecule has 6 heteroatoms. The summed E-state index contributed by atoms with van der Waals surface area (Å²) in [5.74, 6) is 0. The predicted molar refractivity (Wildman–Crippen MR) is 76.7 cm³/mol. The Kier molecular flexibility index (Phi) is 3.82. The van der Waals surface area contributed by atoms with E-state index in [-0.39, 0.29) is 5.56 Å². The van der Waals surface area contributed by atoms with Crippen LogP contribution >= 0.6 is 0 Å². The smallest absolute Gasteiger partial charge is 0.399 e. The highest BCUT2D eigenvalue weighted by molar-refractivity contribution is 6.62. The molecule has 0 radical (unpaired) electrons. The fourth-order valence-electron chi connectivity index (χ4n) is 2.12. The van der Waals surface area contributed by atoms with Gasteiger partial charge in [0.05, 0.1) is 11.2 Å². The van der Waals surface area contributed by atoms with E-state index in [2.05, 4.69) is 5.32 Å². The van der Waals surface area contributed by atoms with Crippen LogP contribution in [0.25, 0.3) is 0 Å². The van der Waals surface area contributed by atoms with Gasteiger partial charge in [0, 0.05) is 18.3 Å². The van der Waals surface area contributed by atoms with Crippen LogP contribution in [0, 0.1) is 0 Å². The van der Waals surface area contributed by atoms with Crippen molar-refractivity contribution in [1.29, 1.82) is 0 Å². The third-order valence-electron chi connectivity index (χ3n) is 4.11. The molecule has 1 aliphatic heterocycles. The third-order valence-corrected chi connectivity index (χ3v) is 4.11. The maximum absolute atomic E-state index is 13.1. The van der Waals surface area contributed by atoms with Crippen LogP contribution in [0.15, 0.2) is 18.2 Å². The molecule has 1 fully saturated rings. The predicted octanol–water partition coefficient (Wildman–Crippen LogP) is 2.97. The molecule has 1 aromatic carbocycles. The van der Waals surface area contributed by atoms with Crippen molar-refractivity contribution in [2.75, 3.05) is 12.4 Å². The quantitative estimate of drug-likeness (QED) is 0.865. The summed E-state index contributed by atoms with van der Waals surface area (Å²) >= 11 is 0. The van der Waals surface area contributed by atoms with Gasteiger partial charge in [0.2, 0.25) is 0 Å². The Hall–Kier alpha value is -1.14. The molecule has 1 N–H and O–H groups in total. The van der Waals surface area contributed by atoms with Crippen LogP contribution in [0.3, 0.4) is 0 Å². The van der Waals surface area contributed by atoms with E-state index in [1.807, 2.05) is 27.7 Å². The summed E-state index contributed by atoms with van der Waals surface area (Å²) in [5, 5.41) is 2.77. The van der Waals surface area contributed by atoms with Gasteiger partial charge in [-0.3, -0.25) is 0 Å². The minimum atomic E-state index is -2.54. The first kappa shape index (κ1) is 15.3. The van der Waals surface area contributed by atoms with Gasteiger partial charge >= 0.3 is 7.12 Å². The minimum Gasteiger partial charge on any atom is -0.399 e. The fourth-order valence-corrected chi connectivity index (χ4v) is 2.12. The Morgan fingerprint density at radius 1 is 1.10 bits per heavy atom. The Balaban J connectivity index is 2.34. The molecular formula is C14H20BF2NO2. The highest BCUT2D eigenvalue weighted by Gasteiger charge is 2.51. The molecule has 20 heavy (non-hydrogen) atoms. The summed E-state index contributed by atoms with van der Waals surface area (Å²) in [5.41, 5.74) is 0.0206. The second-order valence-corrected chi connectivity index (χ2v) is 5.99. The molecule has 1 aromatic rings. The highest BCUT2D eigenvalue weighted by atomic mass is 19.3. The van der Waals surface area contributed by atoms with Crippen LogP contribution in [-0.4, -0.2) is 25.4 Å². The molecule has 0 atom stereocenters. The fraction of sp³-hybridized carbons (Fsp3) is 0.571. The molecule has 0 saturated carbocycles. The molecule has 110 valence electrons. The Bertz CT molecular complexity index is 490. The first-order valence-corrected chi connectivity index (χ1v) is 6.63. The Morgan fingerprint density at radius 3 is 2.10 bits per heavy atom. The second kappa shape index (κ2) is 5.00. The molecule has 0 aliphatic carbocycles. The van der Waals surface area contributed by atoms with Crippen molar-refractivity contribution in [2.24, 2.45) is 0 Å². The van der Waals surface area contributed by atoms with Crippen LogP contribution in [0.5, 0.6) is 0 Å². The molecule has 1 aliphatic rings. The van der Waals surface area contributed by atoms with Crippen molar-refractivity contribution < 1.29 is 18.1 Å². The number of rotatable bonds is 3. The number of anilines is 1. The van der Waals surface area contributed by atoms with Crippen LogP contribution in [0.1, 0.15) is 39.7 Å². The number of alkyl halides is 2. The summed E-state index contributed by atoms with van der Waals surface area (Å²) < 4.78 is 37.9. The summed E-state index contributed by atoms with van der Waals surface area (Å²) in [6, 6.07) is 4.82. The lowest BCUT2D eigenvalue weighted by atomic mass is 9.78. The van der Waals surface area contributed by atoms with E-state index < -0.39 is 24.7 Å². The normalized spacial score (nSPS) is 20.5. The third kappa shape index (κ3) is 2.54. The number of hydrogen-bond acceptors (Lipinski definition) is 3. The second-order valence-electron chi connectivity index (χ2n) is 5.99. The van der Waals surface area contributed by atoms with Crippen molar-refractivity contribution in [3.63, 3.8) is 0 Å². The first-order chi connectivity index (χ1) is 9.18. The van der Waals surface area contributed by atoms with Crippen LogP contribution in [-0.2, 0) is 9.31 Å². The zero-order valence-electron chi connectivity index (χ0n) is 12.5. The molecule has 0 bridgehead atoms. The van der Waals surface area contributed by atoms with E-state index in [0.29, 0.717) is 11.2 Å². The molecule has 2 rings (SSSR count). The topological polar surface area (TPSA) is 30.5 Å². The van der Waals surface area contributed by atoms with Gasteiger partial charge in [0.15, 0.2) is 0 Å². The van der Waals surface area contributed by atoms with Crippen molar-refractivity contribution in [3.8, 4) is 0 Å². The lowest BCUT2D eigenvalue weighted by Gasteiger charge is -2.32. The minimum absolute atomic E-state index is 0.0419. The molecule has 0 spiro atoms. The van der Waals surface area contributed by atoms with Crippen molar-refractivity contribution in [3.05, 3.63) is 23.8 Å². The Labute approximate surface area is 118 Å². The maximum atomic E-state index is 13.1. The zero-order valence-corrected chi connectivity index (χ0v) is 12.5. The van der Waals surface area contributed by atoms with Crippen LogP contribution in [0.2, 0.25) is 0 Å². The molecule has 0 amide bonds. The highest BCUT2D eigenvalue weighted by Crippen LogP contribution is 2.37. The average molecular weight is 283 g/mol. The van der Waals surface area contributed by atoms with E-state index in [1.165, 1.54) is 6.07 Å². The molecule has 1 saturated heterocycles. The van der Waals surface area contributed by atoms with E-state index >= 15 is 0 Å². The molecule has 3 nitrogen and oxygen atoms in total. The summed E-state index contributed by atoms with van der Waals surface area (Å²) in [4.78, 5) is 0. The zero-order chi connectivity index (χ0) is 15.1. The van der Waals surface area contributed by atoms with Gasteiger partial charge in [-0.25, -0.2) is 8.78 Å². The maximum Gasteiger partial charge on any atom is 0.494 e. The van der Waals surface area contributed by atoms with Gasteiger partial charge in [-0.1, -0.05) is 12.1 Å². The van der Waals surface area contributed by atoms with Crippen LogP contribution in [0.4, 0.5) is 14.5 Å². The van der Waals surface area contributed by atoms with E-state index in [1.54, 1.807) is 19.2 Å². The molecule has 1 heterocycles. The van der Waals surface area contributed by atoms with Gasteiger partial charge in [-0.15, -0.1) is 0 Å². The molecular weight excluding hydrogens is 263 g/mol. The van der Waals surface area contributed by atoms with Gasteiger partial charge in [-0.05, 0) is 39.2 Å². The number of benzene rings is 1. The van der Waals surface area contributed by atoms with E-state index in [0.717, 1.165) is 0 Å². The largest absolute Gasteiger partial charge is 0.494 e. The number of hydrogen-bond donors (Lipinski definition) is 1. The van der Waals surface area contributed by atoms with Crippen molar-refractivity contribution in [2.45, 2.75) is 45.3 Å². The van der Waals surface area contributed by atoms with Gasteiger partial charge < -0.3 is 14.6 Å². The lowest BCUT2D eigenvalue weighted by molar-refractivity contribution is 0.00578. The van der Waals surface area contributed by atoms with Crippen molar-refractivity contribution in [1.82, 2.24) is 0 Å². The van der Waals surface area contributed by atoms with Crippen molar-refractivity contribution >= 4 is 18.3 Å². The summed E-state index contributed by atoms with van der Waals surface area (Å²) in [6.07, 6.45) is -2.54. The van der Waals surface area contributed by atoms with Crippen LogP contribution < -0.4 is 10.8 Å². The molecule has 0 unspecified atom stereocenters. The molecule has 0 aromatic heterocycles. The summed E-state index contributed by atoms with van der Waals surface area (Å²) in [6.45, 7) is 7.73. The monoisotopic (exact) mass is 283 g/mol. The Morgan fingerprint density at radius 2 is 1.65 bits per heavy atom. The van der Waals surface area contributed by atoms with E-state index in [4.69, 9.17) is 9.31 Å². The lowest BCUT2D eigenvalue weighted by Crippen LogP contribution is -2.41. The van der Waals surface area contributed by atoms with Gasteiger partial charge in [0.25, 0.3) is 6.43 Å². The number of halogens is 2. The first-order valence-electron chi connectivity index (χ1n) is 6.63. The van der Waals surface area contributed by atoms with Gasteiger partial charge in [-0.2, -0.15) is 0 Å². The standard InChI is InChI=1S/C14H20BF2NO2/c1-13(2)14(3,4)20-15(19-13)9-6-7-11(18-5)10(8-9)12(16)17/h6-8,12,18H,1-5H3. The average Bonchev–Trinajstić information content (AvgIpc) is 2.57. The van der Waals surface area contributed by atoms with E-state index in [9.17, 15) is 8.78 Å².